The van der Waals surface area contributed by atoms with Crippen LogP contribution in [0, 0.1) is 6.92 Å². The summed E-state index contributed by atoms with van der Waals surface area (Å²) in [6.45, 7) is 4.93. The van der Waals surface area contributed by atoms with Crippen LogP contribution in [0.3, 0.4) is 0 Å². The molecule has 0 saturated carbocycles. The van der Waals surface area contributed by atoms with Crippen molar-refractivity contribution in [2.75, 3.05) is 11.3 Å². The van der Waals surface area contributed by atoms with E-state index in [1.807, 2.05) is 6.92 Å². The molecule has 2 heterocycles. The van der Waals surface area contributed by atoms with Crippen molar-refractivity contribution < 1.29 is 8.42 Å². The summed E-state index contributed by atoms with van der Waals surface area (Å²) in [6, 6.07) is 1.57. The smallest absolute Gasteiger partial charge is 0.281 e. The van der Waals surface area contributed by atoms with Crippen LogP contribution in [0.4, 0.5) is 5.69 Å². The number of sulfonamides is 1. The third-order valence-corrected chi connectivity index (χ3v) is 4.83. The Hall–Kier alpha value is -1.45. The fraction of sp³-hybridized carbons (Fsp3) is 0.333. The maximum atomic E-state index is 12.5. The van der Waals surface area contributed by atoms with E-state index in [0.29, 0.717) is 22.3 Å². The molecule has 0 aromatic carbocycles. The van der Waals surface area contributed by atoms with Crippen molar-refractivity contribution in [3.63, 3.8) is 0 Å². The Morgan fingerprint density at radius 2 is 2.19 bits per heavy atom. The molecule has 0 fully saturated rings. The highest BCUT2D eigenvalue weighted by molar-refractivity contribution is 9.10. The summed E-state index contributed by atoms with van der Waals surface area (Å²) >= 11 is 3.26. The fourth-order valence-corrected chi connectivity index (χ4v) is 3.52. The molecule has 3 N–H and O–H groups in total. The number of rotatable bonds is 6. The van der Waals surface area contributed by atoms with Crippen LogP contribution in [0.1, 0.15) is 18.2 Å². The summed E-state index contributed by atoms with van der Waals surface area (Å²) in [6.07, 6.45) is 3.03. The van der Waals surface area contributed by atoms with Crippen molar-refractivity contribution in [2.45, 2.75) is 25.4 Å². The SMILES string of the molecule is CCNCc1c(S(=O)(=O)Nc2ccncc2Br)n[nH]c1C. The van der Waals surface area contributed by atoms with Gasteiger partial charge in [0, 0.05) is 30.2 Å². The van der Waals surface area contributed by atoms with Crippen molar-refractivity contribution in [1.29, 1.82) is 0 Å². The quantitative estimate of drug-likeness (QED) is 0.716. The normalized spacial score (nSPS) is 11.6. The summed E-state index contributed by atoms with van der Waals surface area (Å²) in [5.41, 5.74) is 1.78. The lowest BCUT2D eigenvalue weighted by Crippen LogP contribution is -2.19. The second-order valence-electron chi connectivity index (χ2n) is 4.37. The van der Waals surface area contributed by atoms with Crippen LogP contribution in [0.15, 0.2) is 28.0 Å². The fourth-order valence-electron chi connectivity index (χ4n) is 1.76. The highest BCUT2D eigenvalue weighted by atomic mass is 79.9. The third-order valence-electron chi connectivity index (χ3n) is 2.86. The number of anilines is 1. The molecule has 0 atom stereocenters. The van der Waals surface area contributed by atoms with Crippen molar-refractivity contribution in [2.24, 2.45) is 0 Å². The minimum atomic E-state index is -3.77. The van der Waals surface area contributed by atoms with Gasteiger partial charge in [0.05, 0.1) is 10.2 Å². The average Bonchev–Trinajstić information content (AvgIpc) is 2.81. The number of hydrogen-bond donors (Lipinski definition) is 3. The number of aromatic amines is 1. The highest BCUT2D eigenvalue weighted by Gasteiger charge is 2.24. The molecule has 0 aliphatic rings. The van der Waals surface area contributed by atoms with Gasteiger partial charge in [-0.05, 0) is 35.5 Å². The number of hydrogen-bond acceptors (Lipinski definition) is 5. The zero-order chi connectivity index (χ0) is 15.5. The summed E-state index contributed by atoms with van der Waals surface area (Å²) in [7, 11) is -3.77. The van der Waals surface area contributed by atoms with E-state index in [1.165, 1.54) is 12.4 Å². The molecule has 2 rings (SSSR count). The van der Waals surface area contributed by atoms with Crippen LogP contribution in [0.25, 0.3) is 0 Å². The molecule has 0 radical (unpaired) electrons. The van der Waals surface area contributed by atoms with Crippen LogP contribution in [-0.4, -0.2) is 30.1 Å². The van der Waals surface area contributed by atoms with Gasteiger partial charge in [0.25, 0.3) is 10.0 Å². The third kappa shape index (κ3) is 3.60. The number of pyridine rings is 1. The van der Waals surface area contributed by atoms with E-state index in [9.17, 15) is 8.42 Å². The summed E-state index contributed by atoms with van der Waals surface area (Å²) in [5, 5.41) is 9.75. The monoisotopic (exact) mass is 373 g/mol. The molecular weight excluding hydrogens is 358 g/mol. The van der Waals surface area contributed by atoms with Crippen molar-refractivity contribution >= 4 is 31.6 Å². The first kappa shape index (κ1) is 15.9. The Morgan fingerprint density at radius 1 is 1.43 bits per heavy atom. The van der Waals surface area contributed by atoms with Crippen LogP contribution >= 0.6 is 15.9 Å². The van der Waals surface area contributed by atoms with Crippen LogP contribution in [0.2, 0.25) is 0 Å². The van der Waals surface area contributed by atoms with Gasteiger partial charge in [-0.3, -0.25) is 14.8 Å². The molecule has 0 aliphatic carbocycles. The van der Waals surface area contributed by atoms with Gasteiger partial charge in [-0.1, -0.05) is 6.92 Å². The van der Waals surface area contributed by atoms with Crippen molar-refractivity contribution in [1.82, 2.24) is 20.5 Å². The highest BCUT2D eigenvalue weighted by Crippen LogP contribution is 2.24. The van der Waals surface area contributed by atoms with Gasteiger partial charge in [-0.2, -0.15) is 13.5 Å². The van der Waals surface area contributed by atoms with E-state index in [-0.39, 0.29) is 5.03 Å². The molecule has 0 aliphatic heterocycles. The molecule has 0 amide bonds. The molecule has 0 spiro atoms. The summed E-state index contributed by atoms with van der Waals surface area (Å²) in [5.74, 6) is 0. The summed E-state index contributed by atoms with van der Waals surface area (Å²) in [4.78, 5) is 3.90. The Balaban J connectivity index is 2.34. The molecule has 114 valence electrons. The molecule has 21 heavy (non-hydrogen) atoms. The first-order valence-electron chi connectivity index (χ1n) is 6.32. The number of H-pyrrole nitrogens is 1. The van der Waals surface area contributed by atoms with Gasteiger partial charge in [-0.25, -0.2) is 0 Å². The molecule has 0 saturated heterocycles. The predicted molar refractivity (Wildman–Crippen MR) is 83.5 cm³/mol. The lowest BCUT2D eigenvalue weighted by Gasteiger charge is -2.09. The standard InChI is InChI=1S/C12H16BrN5O2S/c1-3-14-6-9-8(2)16-17-12(9)21(19,20)18-11-4-5-15-7-10(11)13/h4-5,7,14H,3,6H2,1-2H3,(H,15,18)(H,16,17). The number of nitrogens with one attached hydrogen (secondary N) is 3. The lowest BCUT2D eigenvalue weighted by molar-refractivity contribution is 0.594. The number of nitrogens with zero attached hydrogens (tertiary/aromatic N) is 2. The zero-order valence-corrected chi connectivity index (χ0v) is 14.0. The topological polar surface area (TPSA) is 99.8 Å². The van der Waals surface area contributed by atoms with Gasteiger partial charge in [0.1, 0.15) is 0 Å². The maximum Gasteiger partial charge on any atom is 0.281 e. The Kier molecular flexibility index (Phi) is 4.96. The second-order valence-corrected chi connectivity index (χ2v) is 6.83. The van der Waals surface area contributed by atoms with Gasteiger partial charge >= 0.3 is 0 Å². The molecule has 0 bridgehead atoms. The van der Waals surface area contributed by atoms with E-state index in [4.69, 9.17) is 0 Å². The molecule has 7 nitrogen and oxygen atoms in total. The van der Waals surface area contributed by atoms with Crippen LogP contribution < -0.4 is 10.0 Å². The van der Waals surface area contributed by atoms with Gasteiger partial charge < -0.3 is 5.32 Å². The minimum absolute atomic E-state index is 0.00432. The molecular formula is C12H16BrN5O2S. The minimum Gasteiger partial charge on any atom is -0.313 e. The number of halogens is 1. The van der Waals surface area contributed by atoms with Crippen LogP contribution in [0.5, 0.6) is 0 Å². The maximum absolute atomic E-state index is 12.5. The van der Waals surface area contributed by atoms with Gasteiger partial charge in [0.15, 0.2) is 0 Å². The van der Waals surface area contributed by atoms with Gasteiger partial charge in [-0.15, -0.1) is 0 Å². The molecule has 2 aromatic heterocycles. The van der Waals surface area contributed by atoms with E-state index in [2.05, 4.69) is 41.2 Å². The Bertz CT molecular complexity index is 729. The zero-order valence-electron chi connectivity index (χ0n) is 11.6. The van der Waals surface area contributed by atoms with E-state index < -0.39 is 10.0 Å². The average molecular weight is 374 g/mol. The summed E-state index contributed by atoms with van der Waals surface area (Å²) < 4.78 is 28.0. The first-order chi connectivity index (χ1) is 9.95. The largest absolute Gasteiger partial charge is 0.313 e. The molecule has 2 aromatic rings. The van der Waals surface area contributed by atoms with E-state index in [0.717, 1.165) is 12.2 Å². The molecule has 9 heteroatoms. The van der Waals surface area contributed by atoms with E-state index >= 15 is 0 Å². The predicted octanol–water partition coefficient (Wildman–Crippen LogP) is 1.79. The lowest BCUT2D eigenvalue weighted by atomic mass is 10.2. The first-order valence-corrected chi connectivity index (χ1v) is 8.60. The van der Waals surface area contributed by atoms with Crippen LogP contribution in [-0.2, 0) is 16.6 Å². The number of aryl methyl sites for hydroxylation is 1. The molecule has 0 unspecified atom stereocenters. The van der Waals surface area contributed by atoms with Crippen molar-refractivity contribution in [3.8, 4) is 0 Å². The second kappa shape index (κ2) is 6.54. The van der Waals surface area contributed by atoms with Crippen molar-refractivity contribution in [3.05, 3.63) is 34.2 Å². The van der Waals surface area contributed by atoms with E-state index in [1.54, 1.807) is 13.0 Å². The Labute approximate surface area is 131 Å². The Morgan fingerprint density at radius 3 is 2.86 bits per heavy atom. The number of aromatic nitrogens is 3. The van der Waals surface area contributed by atoms with Gasteiger partial charge in [0.2, 0.25) is 5.03 Å².